The van der Waals surface area contributed by atoms with Crippen LogP contribution in [0.3, 0.4) is 0 Å². The van der Waals surface area contributed by atoms with Crippen LogP contribution < -0.4 is 9.47 Å². The van der Waals surface area contributed by atoms with Crippen LogP contribution in [0.15, 0.2) is 12.1 Å². The van der Waals surface area contributed by atoms with Crippen molar-refractivity contribution in [3.05, 3.63) is 23.5 Å². The van der Waals surface area contributed by atoms with Crippen molar-refractivity contribution in [2.75, 3.05) is 31.8 Å². The second-order valence-electron chi connectivity index (χ2n) is 4.37. The van der Waals surface area contributed by atoms with Crippen LogP contribution in [0.2, 0.25) is 0 Å². The first kappa shape index (κ1) is 13.1. The van der Waals surface area contributed by atoms with Gasteiger partial charge in [0, 0.05) is 17.8 Å². The number of halogens is 2. The minimum Gasteiger partial charge on any atom is -0.489 e. The second kappa shape index (κ2) is 5.26. The average molecular weight is 333 g/mol. The molecule has 0 aliphatic carbocycles. The van der Waals surface area contributed by atoms with Crippen molar-refractivity contribution in [2.45, 2.75) is 12.2 Å². The molecule has 2 heterocycles. The highest BCUT2D eigenvalue weighted by molar-refractivity contribution is 9.09. The lowest BCUT2D eigenvalue weighted by molar-refractivity contribution is -0.183. The van der Waals surface area contributed by atoms with E-state index in [1.807, 2.05) is 0 Å². The van der Waals surface area contributed by atoms with Crippen molar-refractivity contribution in [1.82, 2.24) is 0 Å². The highest BCUT2D eigenvalue weighted by Crippen LogP contribution is 2.47. The van der Waals surface area contributed by atoms with Crippen LogP contribution in [0.1, 0.15) is 12.0 Å². The fraction of sp³-hybridized carbons (Fsp3) is 0.538. The molecule has 104 valence electrons. The molecule has 0 aromatic heterocycles. The zero-order chi connectivity index (χ0) is 13.3. The maximum Gasteiger partial charge on any atom is 0.202 e. The molecule has 3 rings (SSSR count). The summed E-state index contributed by atoms with van der Waals surface area (Å²) >= 11 is 3.27. The molecule has 1 fully saturated rings. The van der Waals surface area contributed by atoms with E-state index >= 15 is 0 Å². The summed E-state index contributed by atoms with van der Waals surface area (Å²) in [6.45, 7) is 1.92. The monoisotopic (exact) mass is 332 g/mol. The molecule has 2 aliphatic rings. The Morgan fingerprint density at radius 2 is 2.05 bits per heavy atom. The van der Waals surface area contributed by atoms with Gasteiger partial charge in [-0.25, -0.2) is 4.39 Å². The number of alkyl halides is 1. The summed E-state index contributed by atoms with van der Waals surface area (Å²) in [5.41, 5.74) is 0.584. The maximum absolute atomic E-state index is 13.8. The van der Waals surface area contributed by atoms with Gasteiger partial charge in [-0.05, 0) is 6.07 Å². The number of ether oxygens (including phenoxy) is 4. The summed E-state index contributed by atoms with van der Waals surface area (Å²) in [4.78, 5) is 0. The number of fused-ring (bicyclic) bond motifs is 2. The van der Waals surface area contributed by atoms with Gasteiger partial charge in [0.25, 0.3) is 0 Å². The molecule has 0 radical (unpaired) electrons. The van der Waals surface area contributed by atoms with Crippen LogP contribution in [0.5, 0.6) is 11.5 Å². The highest BCUT2D eigenvalue weighted by Gasteiger charge is 2.44. The molecule has 1 saturated heterocycles. The van der Waals surface area contributed by atoms with Crippen LogP contribution in [-0.4, -0.2) is 31.8 Å². The molecule has 1 aromatic rings. The van der Waals surface area contributed by atoms with E-state index in [-0.39, 0.29) is 5.82 Å². The van der Waals surface area contributed by atoms with E-state index in [1.54, 1.807) is 0 Å². The molecule has 1 spiro atoms. The lowest BCUT2D eigenvalue weighted by atomic mass is 9.98. The van der Waals surface area contributed by atoms with Gasteiger partial charge in [-0.2, -0.15) is 0 Å². The van der Waals surface area contributed by atoms with Crippen molar-refractivity contribution < 1.29 is 23.3 Å². The van der Waals surface area contributed by atoms with Gasteiger partial charge in [0.05, 0.1) is 32.0 Å². The van der Waals surface area contributed by atoms with E-state index in [0.717, 1.165) is 0 Å². The number of hydrogen-bond acceptors (Lipinski definition) is 4. The molecule has 6 heteroatoms. The van der Waals surface area contributed by atoms with Crippen LogP contribution in [-0.2, 0) is 15.3 Å². The first-order chi connectivity index (χ1) is 9.25. The fourth-order valence-corrected chi connectivity index (χ4v) is 2.59. The SMILES string of the molecule is Fc1cc(OCCBr)c2c(c1)C1(CCO2)OCCO1. The first-order valence-electron chi connectivity index (χ1n) is 6.19. The minimum atomic E-state index is -0.873. The third kappa shape index (κ3) is 2.32. The Morgan fingerprint density at radius 1 is 1.26 bits per heavy atom. The van der Waals surface area contributed by atoms with Crippen LogP contribution in [0, 0.1) is 5.82 Å². The zero-order valence-corrected chi connectivity index (χ0v) is 11.9. The van der Waals surface area contributed by atoms with Gasteiger partial charge in [0.15, 0.2) is 11.5 Å². The zero-order valence-electron chi connectivity index (χ0n) is 10.3. The van der Waals surface area contributed by atoms with Gasteiger partial charge in [0.1, 0.15) is 5.82 Å². The standard InChI is InChI=1S/C13H14BrFO4/c14-2-4-16-11-8-9(15)7-10-12(11)17-3-1-13(10)18-5-6-19-13/h7-8H,1-6H2. The molecular weight excluding hydrogens is 319 g/mol. The first-order valence-corrected chi connectivity index (χ1v) is 7.31. The van der Waals surface area contributed by atoms with E-state index in [4.69, 9.17) is 18.9 Å². The molecule has 4 nitrogen and oxygen atoms in total. The molecule has 0 saturated carbocycles. The molecular formula is C13H14BrFO4. The molecule has 0 unspecified atom stereocenters. The van der Waals surface area contributed by atoms with Crippen LogP contribution in [0.25, 0.3) is 0 Å². The molecule has 2 aliphatic heterocycles. The second-order valence-corrected chi connectivity index (χ2v) is 5.16. The Kier molecular flexibility index (Phi) is 3.64. The Labute approximate surface area is 118 Å². The summed E-state index contributed by atoms with van der Waals surface area (Å²) in [5, 5.41) is 0.663. The average Bonchev–Trinajstić information content (AvgIpc) is 2.87. The fourth-order valence-electron chi connectivity index (χ4n) is 2.43. The Morgan fingerprint density at radius 3 is 2.79 bits per heavy atom. The predicted molar refractivity (Wildman–Crippen MR) is 69.4 cm³/mol. The molecule has 0 atom stereocenters. The van der Waals surface area contributed by atoms with Crippen molar-refractivity contribution in [3.63, 3.8) is 0 Å². The van der Waals surface area contributed by atoms with Crippen molar-refractivity contribution >= 4 is 15.9 Å². The van der Waals surface area contributed by atoms with E-state index in [9.17, 15) is 4.39 Å². The van der Waals surface area contributed by atoms with Crippen molar-refractivity contribution in [2.24, 2.45) is 0 Å². The Bertz CT molecular complexity index is 474. The summed E-state index contributed by atoms with van der Waals surface area (Å²) in [6.07, 6.45) is 0.557. The smallest absolute Gasteiger partial charge is 0.202 e. The van der Waals surface area contributed by atoms with Crippen molar-refractivity contribution in [3.8, 4) is 11.5 Å². The summed E-state index contributed by atoms with van der Waals surface area (Å²) in [7, 11) is 0. The van der Waals surface area contributed by atoms with Gasteiger partial charge in [-0.3, -0.25) is 0 Å². The number of hydrogen-bond donors (Lipinski definition) is 0. The van der Waals surface area contributed by atoms with E-state index in [1.165, 1.54) is 12.1 Å². The van der Waals surface area contributed by atoms with Gasteiger partial charge >= 0.3 is 0 Å². The quantitative estimate of drug-likeness (QED) is 0.797. The molecule has 0 N–H and O–H groups in total. The van der Waals surface area contributed by atoms with Gasteiger partial charge in [0.2, 0.25) is 5.79 Å². The van der Waals surface area contributed by atoms with Crippen LogP contribution >= 0.6 is 15.9 Å². The largest absolute Gasteiger partial charge is 0.489 e. The van der Waals surface area contributed by atoms with E-state index in [2.05, 4.69) is 15.9 Å². The van der Waals surface area contributed by atoms with E-state index in [0.29, 0.717) is 55.2 Å². The maximum atomic E-state index is 13.8. The molecule has 1 aromatic carbocycles. The molecule has 19 heavy (non-hydrogen) atoms. The van der Waals surface area contributed by atoms with E-state index < -0.39 is 5.79 Å². The summed E-state index contributed by atoms with van der Waals surface area (Å²) < 4.78 is 36.3. The lowest BCUT2D eigenvalue weighted by Crippen LogP contribution is -2.34. The highest BCUT2D eigenvalue weighted by atomic mass is 79.9. The summed E-state index contributed by atoms with van der Waals surface area (Å²) in [6, 6.07) is 2.73. The Hall–Kier alpha value is -0.850. The molecule has 0 bridgehead atoms. The normalized spacial score (nSPS) is 20.1. The topological polar surface area (TPSA) is 36.9 Å². The lowest BCUT2D eigenvalue weighted by Gasteiger charge is -2.34. The number of rotatable bonds is 3. The van der Waals surface area contributed by atoms with Gasteiger partial charge in [-0.1, -0.05) is 15.9 Å². The third-order valence-electron chi connectivity index (χ3n) is 3.20. The Balaban J connectivity index is 2.03. The van der Waals surface area contributed by atoms with Gasteiger partial charge < -0.3 is 18.9 Å². The third-order valence-corrected chi connectivity index (χ3v) is 3.52. The van der Waals surface area contributed by atoms with Crippen molar-refractivity contribution in [1.29, 1.82) is 0 Å². The minimum absolute atomic E-state index is 0.382. The summed E-state index contributed by atoms with van der Waals surface area (Å²) in [5.74, 6) is -0.335. The number of benzene rings is 1. The van der Waals surface area contributed by atoms with Crippen LogP contribution in [0.4, 0.5) is 4.39 Å². The predicted octanol–water partition coefficient (Wildman–Crippen LogP) is 2.58. The van der Waals surface area contributed by atoms with Gasteiger partial charge in [-0.15, -0.1) is 0 Å². The molecule has 0 amide bonds.